The van der Waals surface area contributed by atoms with E-state index in [2.05, 4.69) is 0 Å². The van der Waals surface area contributed by atoms with Gasteiger partial charge in [-0.25, -0.2) is 0 Å². The average Bonchev–Trinajstić information content (AvgIpc) is 2.53. The smallest absolute Gasteiger partial charge is 0.216 e. The van der Waals surface area contributed by atoms with E-state index in [1.165, 1.54) is 11.8 Å². The molecule has 0 aliphatic carbocycles. The molecular formula is C11H8OS. The molecule has 1 aliphatic heterocycles. The Bertz CT molecular complexity index is 376. The molecule has 0 radical (unpaired) electrons. The van der Waals surface area contributed by atoms with Gasteiger partial charge in [-0.1, -0.05) is 30.3 Å². The van der Waals surface area contributed by atoms with Crippen LogP contribution in [0.1, 0.15) is 5.56 Å². The Hall–Kier alpha value is -1.28. The van der Waals surface area contributed by atoms with E-state index in [1.54, 1.807) is 6.08 Å². The summed E-state index contributed by atoms with van der Waals surface area (Å²) >= 11 is 1.27. The molecule has 0 saturated carbocycles. The SMILES string of the molecule is O=C1C=CC(=Cc2ccccc2)S1. The molecule has 64 valence electrons. The van der Waals surface area contributed by atoms with E-state index in [9.17, 15) is 4.79 Å². The van der Waals surface area contributed by atoms with Gasteiger partial charge in [0.05, 0.1) is 0 Å². The predicted molar refractivity (Wildman–Crippen MR) is 56.2 cm³/mol. The van der Waals surface area contributed by atoms with Crippen LogP contribution in [0.25, 0.3) is 6.08 Å². The molecule has 1 aromatic rings. The largest absolute Gasteiger partial charge is 0.282 e. The molecule has 1 nitrogen and oxygen atoms in total. The summed E-state index contributed by atoms with van der Waals surface area (Å²) in [7, 11) is 0. The number of rotatable bonds is 1. The van der Waals surface area contributed by atoms with E-state index in [0.717, 1.165) is 10.5 Å². The lowest BCUT2D eigenvalue weighted by Crippen LogP contribution is -1.74. The lowest BCUT2D eigenvalue weighted by atomic mass is 10.2. The highest BCUT2D eigenvalue weighted by atomic mass is 32.2. The number of benzene rings is 1. The highest BCUT2D eigenvalue weighted by molar-refractivity contribution is 8.18. The molecule has 0 fully saturated rings. The third kappa shape index (κ3) is 2.10. The second-order valence-electron chi connectivity index (χ2n) is 2.71. The van der Waals surface area contributed by atoms with Gasteiger partial charge in [-0.3, -0.25) is 4.79 Å². The number of thioether (sulfide) groups is 1. The topological polar surface area (TPSA) is 17.1 Å². The standard InChI is InChI=1S/C11H8OS/c12-11-7-6-10(13-11)8-9-4-2-1-3-5-9/h1-8H. The van der Waals surface area contributed by atoms with E-state index < -0.39 is 0 Å². The molecule has 0 bridgehead atoms. The minimum atomic E-state index is 0.113. The van der Waals surface area contributed by atoms with E-state index >= 15 is 0 Å². The summed E-state index contributed by atoms with van der Waals surface area (Å²) in [5, 5.41) is 0.113. The van der Waals surface area contributed by atoms with Gasteiger partial charge in [-0.05, 0) is 35.6 Å². The monoisotopic (exact) mass is 188 g/mol. The van der Waals surface area contributed by atoms with Gasteiger partial charge < -0.3 is 0 Å². The lowest BCUT2D eigenvalue weighted by Gasteiger charge is -1.93. The van der Waals surface area contributed by atoms with Gasteiger partial charge in [-0.2, -0.15) is 0 Å². The Morgan fingerprint density at radius 2 is 1.85 bits per heavy atom. The van der Waals surface area contributed by atoms with Gasteiger partial charge in [0.1, 0.15) is 0 Å². The summed E-state index contributed by atoms with van der Waals surface area (Å²) in [4.78, 5) is 11.9. The van der Waals surface area contributed by atoms with Gasteiger partial charge in [-0.15, -0.1) is 0 Å². The summed E-state index contributed by atoms with van der Waals surface area (Å²) in [5.74, 6) is 0. The van der Waals surface area contributed by atoms with Crippen LogP contribution in [0, 0.1) is 0 Å². The molecule has 0 unspecified atom stereocenters. The summed E-state index contributed by atoms with van der Waals surface area (Å²) in [6.07, 6.45) is 5.45. The average molecular weight is 188 g/mol. The molecule has 1 heterocycles. The van der Waals surface area contributed by atoms with Crippen LogP contribution in [0.15, 0.2) is 47.4 Å². The van der Waals surface area contributed by atoms with Crippen LogP contribution in [-0.2, 0) is 4.79 Å². The molecule has 0 aromatic heterocycles. The van der Waals surface area contributed by atoms with Crippen LogP contribution in [0.2, 0.25) is 0 Å². The summed E-state index contributed by atoms with van der Waals surface area (Å²) < 4.78 is 0. The molecule has 13 heavy (non-hydrogen) atoms. The Morgan fingerprint density at radius 1 is 1.08 bits per heavy atom. The Labute approximate surface area is 81.2 Å². The molecule has 2 heteroatoms. The first-order valence-corrected chi connectivity index (χ1v) is 4.83. The highest BCUT2D eigenvalue weighted by Gasteiger charge is 2.08. The van der Waals surface area contributed by atoms with Crippen molar-refractivity contribution in [1.82, 2.24) is 0 Å². The molecule has 0 spiro atoms. The van der Waals surface area contributed by atoms with Gasteiger partial charge in [0, 0.05) is 4.91 Å². The van der Waals surface area contributed by atoms with Crippen LogP contribution in [0.5, 0.6) is 0 Å². The zero-order valence-electron chi connectivity index (χ0n) is 6.94. The van der Waals surface area contributed by atoms with Crippen molar-refractivity contribution in [3.05, 3.63) is 53.0 Å². The van der Waals surface area contributed by atoms with Crippen LogP contribution in [0.4, 0.5) is 0 Å². The van der Waals surface area contributed by atoms with Crippen molar-refractivity contribution in [2.45, 2.75) is 0 Å². The zero-order valence-corrected chi connectivity index (χ0v) is 7.75. The molecule has 0 saturated heterocycles. The van der Waals surface area contributed by atoms with E-state index in [1.807, 2.05) is 42.5 Å². The predicted octanol–water partition coefficient (Wildman–Crippen LogP) is 2.86. The summed E-state index contributed by atoms with van der Waals surface area (Å²) in [6, 6.07) is 9.98. The molecule has 1 aromatic carbocycles. The quantitative estimate of drug-likeness (QED) is 0.674. The summed E-state index contributed by atoms with van der Waals surface area (Å²) in [6.45, 7) is 0. The van der Waals surface area contributed by atoms with Gasteiger partial charge in [0.25, 0.3) is 0 Å². The maximum absolute atomic E-state index is 10.9. The number of carbonyl (C=O) groups is 1. The van der Waals surface area contributed by atoms with Crippen LogP contribution < -0.4 is 0 Å². The van der Waals surface area contributed by atoms with E-state index in [4.69, 9.17) is 0 Å². The third-order valence-electron chi connectivity index (χ3n) is 1.71. The lowest BCUT2D eigenvalue weighted by molar-refractivity contribution is -0.106. The number of allylic oxidation sites excluding steroid dienone is 1. The highest BCUT2D eigenvalue weighted by Crippen LogP contribution is 2.27. The first-order valence-electron chi connectivity index (χ1n) is 4.01. The van der Waals surface area contributed by atoms with Crippen LogP contribution in [0.3, 0.4) is 0 Å². The maximum Gasteiger partial charge on any atom is 0.216 e. The Morgan fingerprint density at radius 3 is 2.46 bits per heavy atom. The summed E-state index contributed by atoms with van der Waals surface area (Å²) in [5.41, 5.74) is 1.13. The molecule has 1 aliphatic rings. The number of hydrogen-bond acceptors (Lipinski definition) is 2. The fourth-order valence-electron chi connectivity index (χ4n) is 1.13. The minimum absolute atomic E-state index is 0.113. The second kappa shape index (κ2) is 3.62. The molecule has 0 amide bonds. The fraction of sp³-hybridized carbons (Fsp3) is 0. The van der Waals surface area contributed by atoms with E-state index in [-0.39, 0.29) is 5.12 Å². The van der Waals surface area contributed by atoms with Crippen molar-refractivity contribution in [1.29, 1.82) is 0 Å². The van der Waals surface area contributed by atoms with Crippen molar-refractivity contribution >= 4 is 23.0 Å². The molecule has 2 rings (SSSR count). The Balaban J connectivity index is 2.23. The Kier molecular flexibility index (Phi) is 2.32. The van der Waals surface area contributed by atoms with Crippen molar-refractivity contribution < 1.29 is 4.79 Å². The third-order valence-corrected chi connectivity index (χ3v) is 2.54. The van der Waals surface area contributed by atoms with Crippen LogP contribution in [-0.4, -0.2) is 5.12 Å². The zero-order chi connectivity index (χ0) is 9.10. The maximum atomic E-state index is 10.9. The van der Waals surface area contributed by atoms with Gasteiger partial charge in [0.2, 0.25) is 5.12 Å². The van der Waals surface area contributed by atoms with Crippen molar-refractivity contribution in [3.63, 3.8) is 0 Å². The number of carbonyl (C=O) groups excluding carboxylic acids is 1. The van der Waals surface area contributed by atoms with Gasteiger partial charge >= 0.3 is 0 Å². The molecule has 0 atom stereocenters. The first-order chi connectivity index (χ1) is 6.34. The van der Waals surface area contributed by atoms with E-state index in [0.29, 0.717) is 0 Å². The van der Waals surface area contributed by atoms with Crippen molar-refractivity contribution in [3.8, 4) is 0 Å². The minimum Gasteiger partial charge on any atom is -0.282 e. The normalized spacial score (nSPS) is 18.5. The second-order valence-corrected chi connectivity index (χ2v) is 3.79. The molecular weight excluding hydrogens is 180 g/mol. The number of hydrogen-bond donors (Lipinski definition) is 0. The van der Waals surface area contributed by atoms with Crippen molar-refractivity contribution in [2.75, 3.05) is 0 Å². The molecule has 0 N–H and O–H groups in total. The van der Waals surface area contributed by atoms with Gasteiger partial charge in [0.15, 0.2) is 0 Å². The van der Waals surface area contributed by atoms with Crippen molar-refractivity contribution in [2.24, 2.45) is 0 Å². The fourth-order valence-corrected chi connectivity index (χ4v) is 1.82. The first kappa shape index (κ1) is 8.32. The van der Waals surface area contributed by atoms with Crippen LogP contribution >= 0.6 is 11.8 Å².